The van der Waals surface area contributed by atoms with Crippen molar-refractivity contribution in [3.63, 3.8) is 0 Å². The third kappa shape index (κ3) is 5.52. The molecule has 6 nitrogen and oxygen atoms in total. The van der Waals surface area contributed by atoms with Crippen molar-refractivity contribution in [1.82, 2.24) is 9.62 Å². The lowest BCUT2D eigenvalue weighted by molar-refractivity contribution is -0.126. The molecule has 0 aromatic heterocycles. The van der Waals surface area contributed by atoms with Gasteiger partial charge in [0.2, 0.25) is 15.9 Å². The number of aryl methyl sites for hydroxylation is 1. The zero-order chi connectivity index (χ0) is 18.3. The van der Waals surface area contributed by atoms with Gasteiger partial charge < -0.3 is 10.1 Å². The largest absolute Gasteiger partial charge is 0.382 e. The zero-order valence-corrected chi connectivity index (χ0v) is 15.8. The third-order valence-electron chi connectivity index (χ3n) is 4.38. The topological polar surface area (TPSA) is 75.7 Å². The van der Waals surface area contributed by atoms with Crippen LogP contribution in [0.5, 0.6) is 0 Å². The minimum Gasteiger partial charge on any atom is -0.382 e. The van der Waals surface area contributed by atoms with Crippen molar-refractivity contribution in [3.8, 4) is 0 Å². The first-order chi connectivity index (χ1) is 11.9. The molecule has 1 N–H and O–H groups in total. The Morgan fingerprint density at radius 2 is 2.04 bits per heavy atom. The first-order valence-electron chi connectivity index (χ1n) is 8.87. The summed E-state index contributed by atoms with van der Waals surface area (Å²) in [4.78, 5) is 12.6. The molecule has 1 amide bonds. The molecule has 1 heterocycles. The van der Waals surface area contributed by atoms with E-state index in [0.717, 1.165) is 18.4 Å². The second kappa shape index (κ2) is 9.31. The monoisotopic (exact) mass is 368 g/mol. The van der Waals surface area contributed by atoms with Crippen molar-refractivity contribution >= 4 is 15.9 Å². The van der Waals surface area contributed by atoms with Gasteiger partial charge in [0.1, 0.15) is 0 Å². The van der Waals surface area contributed by atoms with Crippen LogP contribution in [0.1, 0.15) is 31.7 Å². The predicted octanol–water partition coefficient (Wildman–Crippen LogP) is 1.94. The Balaban J connectivity index is 1.93. The van der Waals surface area contributed by atoms with Crippen molar-refractivity contribution in [3.05, 3.63) is 29.8 Å². The standard InChI is InChI=1S/C18H28N2O4S/c1-3-24-13-5-11-19-18(21)16-6-4-12-20(14-16)25(22,23)17-9-7-15(2)8-10-17/h7-10,16H,3-6,11-14H2,1-2H3,(H,19,21). The Labute approximate surface area is 150 Å². The van der Waals surface area contributed by atoms with E-state index in [1.807, 2.05) is 13.8 Å². The molecule has 1 fully saturated rings. The molecule has 1 aromatic carbocycles. The minimum atomic E-state index is -3.54. The van der Waals surface area contributed by atoms with Crippen molar-refractivity contribution in [2.75, 3.05) is 32.8 Å². The summed E-state index contributed by atoms with van der Waals surface area (Å²) in [6.45, 7) is 6.41. The number of rotatable bonds is 8. The normalized spacial score (nSPS) is 18.9. The second-order valence-corrected chi connectivity index (χ2v) is 8.29. The van der Waals surface area contributed by atoms with Gasteiger partial charge in [-0.05, 0) is 45.2 Å². The van der Waals surface area contributed by atoms with Crippen LogP contribution in [0.2, 0.25) is 0 Å². The van der Waals surface area contributed by atoms with Gasteiger partial charge in [0.05, 0.1) is 10.8 Å². The molecule has 140 valence electrons. The van der Waals surface area contributed by atoms with Crippen LogP contribution in [-0.4, -0.2) is 51.5 Å². The number of ether oxygens (including phenoxy) is 1. The fourth-order valence-corrected chi connectivity index (χ4v) is 4.43. The molecule has 0 saturated carbocycles. The zero-order valence-electron chi connectivity index (χ0n) is 15.0. The van der Waals surface area contributed by atoms with Crippen LogP contribution in [0.15, 0.2) is 29.2 Å². The molecule has 1 aliphatic rings. The number of nitrogens with one attached hydrogen (secondary N) is 1. The molecular formula is C18H28N2O4S. The number of carbonyl (C=O) groups is 1. The average Bonchev–Trinajstić information content (AvgIpc) is 2.62. The van der Waals surface area contributed by atoms with E-state index in [0.29, 0.717) is 32.7 Å². The summed E-state index contributed by atoms with van der Waals surface area (Å²) in [6.07, 6.45) is 2.18. The van der Waals surface area contributed by atoms with E-state index >= 15 is 0 Å². The third-order valence-corrected chi connectivity index (χ3v) is 6.26. The summed E-state index contributed by atoms with van der Waals surface area (Å²) >= 11 is 0. The quantitative estimate of drug-likeness (QED) is 0.712. The van der Waals surface area contributed by atoms with Gasteiger partial charge >= 0.3 is 0 Å². The lowest BCUT2D eigenvalue weighted by Crippen LogP contribution is -2.45. The molecule has 1 aliphatic heterocycles. The highest BCUT2D eigenvalue weighted by molar-refractivity contribution is 7.89. The molecule has 0 bridgehead atoms. The first-order valence-corrected chi connectivity index (χ1v) is 10.3. The number of amides is 1. The van der Waals surface area contributed by atoms with Crippen LogP contribution >= 0.6 is 0 Å². The lowest BCUT2D eigenvalue weighted by Gasteiger charge is -2.31. The summed E-state index contributed by atoms with van der Waals surface area (Å²) in [5.74, 6) is -0.360. The number of benzene rings is 1. The van der Waals surface area contributed by atoms with Crippen LogP contribution in [0.25, 0.3) is 0 Å². The molecule has 0 spiro atoms. The van der Waals surface area contributed by atoms with Crippen molar-refractivity contribution in [2.45, 2.75) is 38.0 Å². The van der Waals surface area contributed by atoms with E-state index in [-0.39, 0.29) is 23.3 Å². The fraction of sp³-hybridized carbons (Fsp3) is 0.611. The number of carbonyl (C=O) groups excluding carboxylic acids is 1. The van der Waals surface area contributed by atoms with Crippen LogP contribution < -0.4 is 5.32 Å². The van der Waals surface area contributed by atoms with Crippen LogP contribution in [-0.2, 0) is 19.6 Å². The molecule has 0 aliphatic carbocycles. The Kier molecular flexibility index (Phi) is 7.40. The van der Waals surface area contributed by atoms with Crippen LogP contribution in [0, 0.1) is 12.8 Å². The number of hydrogen-bond acceptors (Lipinski definition) is 4. The van der Waals surface area contributed by atoms with Gasteiger partial charge in [-0.3, -0.25) is 4.79 Å². The highest BCUT2D eigenvalue weighted by atomic mass is 32.2. The van der Waals surface area contributed by atoms with Crippen molar-refractivity contribution < 1.29 is 17.9 Å². The average molecular weight is 368 g/mol. The fourth-order valence-electron chi connectivity index (χ4n) is 2.91. The van der Waals surface area contributed by atoms with E-state index in [4.69, 9.17) is 4.74 Å². The summed E-state index contributed by atoms with van der Waals surface area (Å²) in [5, 5.41) is 2.89. The Morgan fingerprint density at radius 3 is 2.72 bits per heavy atom. The maximum Gasteiger partial charge on any atom is 0.243 e. The highest BCUT2D eigenvalue weighted by Gasteiger charge is 2.33. The van der Waals surface area contributed by atoms with Crippen molar-refractivity contribution in [2.24, 2.45) is 5.92 Å². The number of nitrogens with zero attached hydrogens (tertiary/aromatic N) is 1. The van der Waals surface area contributed by atoms with Gasteiger partial charge in [0.15, 0.2) is 0 Å². The van der Waals surface area contributed by atoms with E-state index in [9.17, 15) is 13.2 Å². The van der Waals surface area contributed by atoms with Gasteiger partial charge in [-0.15, -0.1) is 0 Å². The van der Waals surface area contributed by atoms with Gasteiger partial charge in [0.25, 0.3) is 0 Å². The van der Waals surface area contributed by atoms with Crippen LogP contribution in [0.4, 0.5) is 0 Å². The number of hydrogen-bond donors (Lipinski definition) is 1. The van der Waals surface area contributed by atoms with Gasteiger partial charge in [-0.1, -0.05) is 17.7 Å². The van der Waals surface area contributed by atoms with Gasteiger partial charge in [-0.25, -0.2) is 8.42 Å². The van der Waals surface area contributed by atoms with Crippen LogP contribution in [0.3, 0.4) is 0 Å². The maximum atomic E-state index is 12.8. The summed E-state index contributed by atoms with van der Waals surface area (Å²) in [6, 6.07) is 6.84. The van der Waals surface area contributed by atoms with E-state index in [1.54, 1.807) is 24.3 Å². The molecule has 1 unspecified atom stereocenters. The Hall–Kier alpha value is -1.44. The molecule has 1 aromatic rings. The Bertz CT molecular complexity index is 658. The summed E-state index contributed by atoms with van der Waals surface area (Å²) < 4.78 is 32.2. The van der Waals surface area contributed by atoms with Gasteiger partial charge in [-0.2, -0.15) is 4.31 Å². The summed E-state index contributed by atoms with van der Waals surface area (Å²) in [5.41, 5.74) is 1.02. The van der Waals surface area contributed by atoms with Crippen molar-refractivity contribution in [1.29, 1.82) is 0 Å². The highest BCUT2D eigenvalue weighted by Crippen LogP contribution is 2.24. The molecule has 2 rings (SSSR count). The molecule has 1 atom stereocenters. The Morgan fingerprint density at radius 1 is 1.32 bits per heavy atom. The second-order valence-electron chi connectivity index (χ2n) is 6.36. The summed E-state index contributed by atoms with van der Waals surface area (Å²) in [7, 11) is -3.54. The van der Waals surface area contributed by atoms with E-state index in [2.05, 4.69) is 5.32 Å². The first kappa shape index (κ1) is 19.9. The van der Waals surface area contributed by atoms with Gasteiger partial charge in [0, 0.05) is 32.8 Å². The number of sulfonamides is 1. The molecular weight excluding hydrogens is 340 g/mol. The van der Waals surface area contributed by atoms with E-state index in [1.165, 1.54) is 4.31 Å². The molecule has 1 saturated heterocycles. The smallest absolute Gasteiger partial charge is 0.243 e. The SMILES string of the molecule is CCOCCCNC(=O)C1CCCN(S(=O)(=O)c2ccc(C)cc2)C1. The lowest BCUT2D eigenvalue weighted by atomic mass is 9.99. The molecule has 0 radical (unpaired) electrons. The molecule has 25 heavy (non-hydrogen) atoms. The van der Waals surface area contributed by atoms with E-state index < -0.39 is 10.0 Å². The number of piperidine rings is 1. The molecule has 7 heteroatoms. The predicted molar refractivity (Wildman–Crippen MR) is 96.8 cm³/mol. The maximum absolute atomic E-state index is 12.8. The minimum absolute atomic E-state index is 0.0692.